The molecule has 0 fully saturated rings. The summed E-state index contributed by atoms with van der Waals surface area (Å²) in [6.07, 6.45) is 0.597. The van der Waals surface area contributed by atoms with Crippen LogP contribution in [-0.4, -0.2) is 42.4 Å². The van der Waals surface area contributed by atoms with Crippen LogP contribution in [-0.2, 0) is 25.5 Å². The van der Waals surface area contributed by atoms with E-state index in [9.17, 15) is 28.6 Å². The maximum atomic E-state index is 12.9. The standard InChI is InChI=1S/C23H22BFO8/c1-14(26)5-10-19(27)12-17-11-16-3-2-4-20(21(16)33-24(17)30)23(29)32-13-31-22(28)15-6-8-18(25)9-7-15/h2-4,6-9,17,30H,5,10-13H2,1H3/t17-/m1/s1. The summed E-state index contributed by atoms with van der Waals surface area (Å²) in [6, 6.07) is 9.44. The summed E-state index contributed by atoms with van der Waals surface area (Å²) in [6.45, 7) is 0.737. The Balaban J connectivity index is 1.59. The van der Waals surface area contributed by atoms with Gasteiger partial charge in [0.1, 0.15) is 28.7 Å². The fourth-order valence-electron chi connectivity index (χ4n) is 3.41. The topological polar surface area (TPSA) is 116 Å². The number of para-hydroxylation sites is 1. The van der Waals surface area contributed by atoms with Gasteiger partial charge in [0, 0.05) is 25.1 Å². The molecule has 1 atom stereocenters. The van der Waals surface area contributed by atoms with E-state index in [4.69, 9.17) is 14.1 Å². The quantitative estimate of drug-likeness (QED) is 0.348. The highest BCUT2D eigenvalue weighted by atomic mass is 19.1. The van der Waals surface area contributed by atoms with Gasteiger partial charge in [-0.3, -0.25) is 4.79 Å². The van der Waals surface area contributed by atoms with Crippen molar-refractivity contribution in [2.75, 3.05) is 6.79 Å². The summed E-state index contributed by atoms with van der Waals surface area (Å²) < 4.78 is 28.3. The number of ether oxygens (including phenoxy) is 2. The third-order valence-electron chi connectivity index (χ3n) is 5.15. The van der Waals surface area contributed by atoms with Crippen molar-refractivity contribution in [2.24, 2.45) is 0 Å². The maximum absolute atomic E-state index is 12.9. The van der Waals surface area contributed by atoms with Crippen molar-refractivity contribution in [1.29, 1.82) is 0 Å². The molecule has 0 unspecified atom stereocenters. The third kappa shape index (κ3) is 6.49. The minimum absolute atomic E-state index is 0.0331. The lowest BCUT2D eigenvalue weighted by atomic mass is 9.64. The van der Waals surface area contributed by atoms with Crippen molar-refractivity contribution in [3.05, 3.63) is 65.0 Å². The summed E-state index contributed by atoms with van der Waals surface area (Å²) in [5.41, 5.74) is 0.744. The first kappa shape index (κ1) is 24.1. The Morgan fingerprint density at radius 3 is 2.45 bits per heavy atom. The zero-order valence-electron chi connectivity index (χ0n) is 17.9. The predicted molar refractivity (Wildman–Crippen MR) is 114 cm³/mol. The molecule has 8 nitrogen and oxygen atoms in total. The highest BCUT2D eigenvalue weighted by Gasteiger charge is 2.37. The van der Waals surface area contributed by atoms with Crippen LogP contribution in [0.2, 0.25) is 5.82 Å². The number of rotatable bonds is 9. The number of fused-ring (bicyclic) bond motifs is 1. The van der Waals surface area contributed by atoms with Gasteiger partial charge in [0.25, 0.3) is 0 Å². The van der Waals surface area contributed by atoms with Gasteiger partial charge in [-0.05, 0) is 49.2 Å². The van der Waals surface area contributed by atoms with Gasteiger partial charge in [-0.25, -0.2) is 14.0 Å². The minimum Gasteiger partial charge on any atom is -0.535 e. The van der Waals surface area contributed by atoms with E-state index in [-0.39, 0.29) is 47.7 Å². The van der Waals surface area contributed by atoms with E-state index in [0.717, 1.165) is 12.1 Å². The number of ketones is 2. The number of esters is 2. The molecule has 10 heteroatoms. The average Bonchev–Trinajstić information content (AvgIpc) is 2.78. The number of hydrogen-bond acceptors (Lipinski definition) is 8. The lowest BCUT2D eigenvalue weighted by Crippen LogP contribution is -2.36. The van der Waals surface area contributed by atoms with E-state index in [1.165, 1.54) is 25.1 Å². The van der Waals surface area contributed by atoms with E-state index in [1.807, 2.05) is 0 Å². The van der Waals surface area contributed by atoms with Crippen LogP contribution in [0, 0.1) is 5.82 Å². The Morgan fingerprint density at radius 2 is 1.76 bits per heavy atom. The molecule has 1 aliphatic heterocycles. The van der Waals surface area contributed by atoms with Crippen LogP contribution in [0.5, 0.6) is 5.75 Å². The van der Waals surface area contributed by atoms with Crippen LogP contribution in [0.4, 0.5) is 4.39 Å². The molecule has 0 aromatic heterocycles. The molecule has 0 radical (unpaired) electrons. The number of halogens is 1. The molecule has 2 aromatic rings. The Kier molecular flexibility index (Phi) is 7.94. The van der Waals surface area contributed by atoms with Gasteiger partial charge >= 0.3 is 19.1 Å². The van der Waals surface area contributed by atoms with E-state index in [0.29, 0.717) is 12.0 Å². The molecule has 172 valence electrons. The summed E-state index contributed by atoms with van der Waals surface area (Å²) in [7, 11) is -1.32. The van der Waals surface area contributed by atoms with Gasteiger partial charge in [0.05, 0.1) is 5.56 Å². The lowest BCUT2D eigenvalue weighted by Gasteiger charge is -2.28. The van der Waals surface area contributed by atoms with Crippen molar-refractivity contribution >= 4 is 30.6 Å². The molecule has 0 saturated carbocycles. The fourth-order valence-corrected chi connectivity index (χ4v) is 3.41. The second-order valence-corrected chi connectivity index (χ2v) is 7.70. The molecule has 33 heavy (non-hydrogen) atoms. The van der Waals surface area contributed by atoms with Crippen molar-refractivity contribution in [1.82, 2.24) is 0 Å². The molecule has 1 heterocycles. The van der Waals surface area contributed by atoms with Crippen LogP contribution in [0.15, 0.2) is 42.5 Å². The van der Waals surface area contributed by atoms with Crippen LogP contribution < -0.4 is 4.65 Å². The maximum Gasteiger partial charge on any atom is 0.526 e. The van der Waals surface area contributed by atoms with E-state index in [2.05, 4.69) is 0 Å². The molecule has 0 aliphatic carbocycles. The van der Waals surface area contributed by atoms with Crippen molar-refractivity contribution in [3.63, 3.8) is 0 Å². The smallest absolute Gasteiger partial charge is 0.526 e. The number of carbonyl (C=O) groups is 4. The molecule has 1 aliphatic rings. The minimum atomic E-state index is -1.32. The molecule has 0 bridgehead atoms. The molecular formula is C23H22BFO8. The first-order valence-corrected chi connectivity index (χ1v) is 10.3. The van der Waals surface area contributed by atoms with Crippen LogP contribution in [0.3, 0.4) is 0 Å². The largest absolute Gasteiger partial charge is 0.535 e. The van der Waals surface area contributed by atoms with Gasteiger partial charge in [-0.1, -0.05) is 12.1 Å². The highest BCUT2D eigenvalue weighted by molar-refractivity contribution is 6.47. The van der Waals surface area contributed by atoms with Crippen molar-refractivity contribution < 1.29 is 42.7 Å². The Labute approximate surface area is 189 Å². The molecule has 2 aromatic carbocycles. The Hall–Kier alpha value is -3.53. The van der Waals surface area contributed by atoms with Gasteiger partial charge in [0.15, 0.2) is 0 Å². The van der Waals surface area contributed by atoms with Crippen molar-refractivity contribution in [3.8, 4) is 5.75 Å². The first-order valence-electron chi connectivity index (χ1n) is 10.3. The fraction of sp³-hybridized carbons (Fsp3) is 0.304. The summed E-state index contributed by atoms with van der Waals surface area (Å²) in [4.78, 5) is 47.5. The van der Waals surface area contributed by atoms with Gasteiger partial charge < -0.3 is 23.9 Å². The SMILES string of the molecule is CC(=O)CCC(=O)C[C@H]1Cc2cccc(C(=O)OCOC(=O)c3ccc(F)cc3)c2OB1O. The molecule has 0 spiro atoms. The lowest BCUT2D eigenvalue weighted by molar-refractivity contribution is -0.123. The average molecular weight is 456 g/mol. The van der Waals surface area contributed by atoms with Gasteiger partial charge in [-0.2, -0.15) is 0 Å². The monoisotopic (exact) mass is 456 g/mol. The number of hydrogen-bond donors (Lipinski definition) is 1. The normalized spacial score (nSPS) is 14.6. The summed E-state index contributed by atoms with van der Waals surface area (Å²) in [5.74, 6) is -2.74. The highest BCUT2D eigenvalue weighted by Crippen LogP contribution is 2.36. The Bertz CT molecular complexity index is 1050. The zero-order valence-corrected chi connectivity index (χ0v) is 17.9. The van der Waals surface area contributed by atoms with Crippen LogP contribution in [0.1, 0.15) is 52.5 Å². The number of Topliss-reactive ketones (excluding diaryl/α,β-unsaturated/α-hetero) is 2. The molecular weight excluding hydrogens is 434 g/mol. The second-order valence-electron chi connectivity index (χ2n) is 7.70. The summed E-state index contributed by atoms with van der Waals surface area (Å²) in [5, 5.41) is 10.4. The van der Waals surface area contributed by atoms with E-state index >= 15 is 0 Å². The second kappa shape index (κ2) is 10.9. The van der Waals surface area contributed by atoms with E-state index in [1.54, 1.807) is 12.1 Å². The molecule has 0 amide bonds. The van der Waals surface area contributed by atoms with Gasteiger partial charge in [0.2, 0.25) is 6.79 Å². The van der Waals surface area contributed by atoms with Crippen molar-refractivity contribution in [2.45, 2.75) is 38.4 Å². The molecule has 3 rings (SSSR count). The first-order chi connectivity index (χ1) is 15.7. The zero-order chi connectivity index (χ0) is 24.0. The van der Waals surface area contributed by atoms with E-state index < -0.39 is 37.5 Å². The van der Waals surface area contributed by atoms with Crippen LogP contribution >= 0.6 is 0 Å². The Morgan fingerprint density at radius 1 is 1.06 bits per heavy atom. The van der Waals surface area contributed by atoms with Crippen LogP contribution in [0.25, 0.3) is 0 Å². The molecule has 0 saturated heterocycles. The summed E-state index contributed by atoms with van der Waals surface area (Å²) >= 11 is 0. The predicted octanol–water partition coefficient (Wildman–Crippen LogP) is 2.91. The number of carbonyl (C=O) groups excluding carboxylic acids is 4. The number of benzene rings is 2. The van der Waals surface area contributed by atoms with Gasteiger partial charge in [-0.15, -0.1) is 0 Å². The molecule has 1 N–H and O–H groups in total. The third-order valence-corrected chi connectivity index (χ3v) is 5.15.